The van der Waals surface area contributed by atoms with E-state index in [0.717, 1.165) is 0 Å². The second-order valence-electron chi connectivity index (χ2n) is 18.1. The van der Waals surface area contributed by atoms with E-state index in [1.54, 1.807) is 27.7 Å². The van der Waals surface area contributed by atoms with Crippen LogP contribution in [-0.4, -0.2) is 143 Å². The van der Waals surface area contributed by atoms with Gasteiger partial charge in [0.25, 0.3) is 0 Å². The second kappa shape index (κ2) is 34.9. The quantitative estimate of drug-likeness (QED) is 0.0139. The molecule has 0 fully saturated rings. The van der Waals surface area contributed by atoms with Crippen molar-refractivity contribution in [1.82, 2.24) is 37.2 Å². The Kier molecular flexibility index (Phi) is 32.3. The minimum Gasteiger partial charge on any atom is -0.481 e. The number of thiol groups is 1. The highest BCUT2D eigenvalue weighted by Gasteiger charge is 2.36. The van der Waals surface area contributed by atoms with Crippen molar-refractivity contribution >= 4 is 71.9 Å². The second-order valence-corrected chi connectivity index (χ2v) is 18.4. The molecule has 0 aromatic carbocycles. The number of hydrogen-bond acceptors (Lipinski definition) is 14. The molecule has 0 aliphatic carbocycles. The molecule has 396 valence electrons. The fraction of sp³-hybridized carbons (Fsp3) is 0.773. The van der Waals surface area contributed by atoms with Crippen LogP contribution in [0.4, 0.5) is 0 Å². The minimum atomic E-state index is -1.48. The largest absolute Gasteiger partial charge is 0.481 e. The number of amides is 7. The minimum absolute atomic E-state index is 0.0311. The number of unbranched alkanes of at least 4 members (excludes halogenated alkanes) is 2. The molecule has 24 nitrogen and oxygen atoms in total. The number of nitrogens with zero attached hydrogens (tertiary/aromatic N) is 1. The molecule has 0 rings (SSSR count). The summed E-state index contributed by atoms with van der Waals surface area (Å²) in [6.07, 6.45) is 2.18. The number of carbonyl (C=O) groups excluding carboxylic acids is 7. The van der Waals surface area contributed by atoms with Crippen LogP contribution in [0.25, 0.3) is 0 Å². The van der Waals surface area contributed by atoms with Gasteiger partial charge >= 0.3 is 11.9 Å². The van der Waals surface area contributed by atoms with E-state index in [1.165, 1.54) is 0 Å². The fourth-order valence-corrected chi connectivity index (χ4v) is 7.14. The number of aliphatic imine (C=N–C) groups is 1. The monoisotopic (exact) mass is 1000 g/mol. The Bertz CT molecular complexity index is 1690. The van der Waals surface area contributed by atoms with Crippen molar-refractivity contribution in [2.24, 2.45) is 51.4 Å². The molecule has 0 aromatic rings. The number of rotatable bonds is 37. The topological polar surface area (TPSA) is 421 Å². The first-order chi connectivity index (χ1) is 32.4. The Morgan fingerprint density at radius 3 is 1.43 bits per heavy atom. The molecule has 19 N–H and O–H groups in total. The summed E-state index contributed by atoms with van der Waals surface area (Å²) < 4.78 is 0. The Morgan fingerprint density at radius 2 is 0.957 bits per heavy atom. The molecule has 0 saturated heterocycles. The summed E-state index contributed by atoms with van der Waals surface area (Å²) in [5.41, 5.74) is 28.3. The van der Waals surface area contributed by atoms with Crippen molar-refractivity contribution in [2.45, 2.75) is 173 Å². The normalized spacial score (nSPS) is 15.1. The van der Waals surface area contributed by atoms with Gasteiger partial charge in [-0.2, -0.15) is 12.6 Å². The zero-order chi connectivity index (χ0) is 52.8. The SMILES string of the molecule is CC[C@H](C)[C@H](NC(=O)[C@H](CCC(=O)O)NC(=O)[C@H](CC(C)C)NC(=O)[C@@H](N)CCCCN)C(=O)N[C@@H](CCCCN)C(=O)N[C@@H](CCCN=C(N)N)C(=O)N[C@@H](CS)C(=O)N[C@@H](CC(C)C)C(=O)O. The number of hydrogen-bond donors (Lipinski definition) is 15. The molecule has 0 heterocycles. The lowest BCUT2D eigenvalue weighted by molar-refractivity contribution is -0.142. The first kappa shape index (κ1) is 63.7. The van der Waals surface area contributed by atoms with E-state index in [9.17, 15) is 53.4 Å². The van der Waals surface area contributed by atoms with Crippen LogP contribution in [-0.2, 0) is 43.2 Å². The summed E-state index contributed by atoms with van der Waals surface area (Å²) in [5.74, 6) is -9.26. The van der Waals surface area contributed by atoms with Gasteiger partial charge in [0.1, 0.15) is 42.3 Å². The first-order valence-electron chi connectivity index (χ1n) is 23.8. The van der Waals surface area contributed by atoms with Gasteiger partial charge in [-0.25, -0.2) is 4.79 Å². The summed E-state index contributed by atoms with van der Waals surface area (Å²) in [4.78, 5) is 124. The third kappa shape index (κ3) is 26.9. The van der Waals surface area contributed by atoms with E-state index in [1.807, 2.05) is 13.8 Å². The first-order valence-corrected chi connectivity index (χ1v) is 24.4. The summed E-state index contributed by atoms with van der Waals surface area (Å²) >= 11 is 4.19. The van der Waals surface area contributed by atoms with Crippen LogP contribution in [0.3, 0.4) is 0 Å². The molecular weight excluding hydrogens is 919 g/mol. The number of carbonyl (C=O) groups is 9. The van der Waals surface area contributed by atoms with Gasteiger partial charge in [-0.3, -0.25) is 43.3 Å². The fourth-order valence-electron chi connectivity index (χ4n) is 6.89. The van der Waals surface area contributed by atoms with Gasteiger partial charge in [0.05, 0.1) is 6.04 Å². The zero-order valence-electron chi connectivity index (χ0n) is 41.2. The highest BCUT2D eigenvalue weighted by molar-refractivity contribution is 7.80. The van der Waals surface area contributed by atoms with Crippen LogP contribution in [0.2, 0.25) is 0 Å². The third-order valence-corrected chi connectivity index (χ3v) is 11.4. The maximum absolute atomic E-state index is 14.2. The molecule has 0 bridgehead atoms. The highest BCUT2D eigenvalue weighted by Crippen LogP contribution is 2.14. The standard InChI is InChI=1S/C44H83N13O11S/c1-7-26(6)35(57-39(63)30(16-17-34(58)59)52-40(64)31(21-24(2)3)54-36(60)27(47)13-8-10-18-45)42(66)53-28(14-9-11-19-46)37(61)51-29(15-12-20-50-44(48)49)38(62)56-33(23-69)41(65)55-32(43(67)68)22-25(4)5/h24-33,35,69H,7-23,45-47H2,1-6H3,(H,51,61)(H,52,64)(H,53,66)(H,54,60)(H,55,65)(H,56,62)(H,57,63)(H,58,59)(H,67,68)(H4,48,49,50)/t26-,27-,28-,29-,30-,31-,32-,33-,35-/m0/s1. The third-order valence-electron chi connectivity index (χ3n) is 11.0. The van der Waals surface area contributed by atoms with E-state index in [2.05, 4.69) is 54.8 Å². The maximum Gasteiger partial charge on any atom is 0.326 e. The number of carboxylic acids is 2. The average Bonchev–Trinajstić information content (AvgIpc) is 3.27. The predicted molar refractivity (Wildman–Crippen MR) is 264 cm³/mol. The van der Waals surface area contributed by atoms with Crippen molar-refractivity contribution in [1.29, 1.82) is 0 Å². The van der Waals surface area contributed by atoms with Gasteiger partial charge in [-0.15, -0.1) is 0 Å². The van der Waals surface area contributed by atoms with Gasteiger partial charge in [-0.1, -0.05) is 54.4 Å². The van der Waals surface area contributed by atoms with E-state index >= 15 is 0 Å². The predicted octanol–water partition coefficient (Wildman–Crippen LogP) is -1.96. The lowest BCUT2D eigenvalue weighted by atomic mass is 9.96. The Labute approximate surface area is 411 Å². The molecule has 0 unspecified atom stereocenters. The van der Waals surface area contributed by atoms with E-state index in [4.69, 9.17) is 28.7 Å². The highest BCUT2D eigenvalue weighted by atomic mass is 32.1. The van der Waals surface area contributed by atoms with Crippen LogP contribution in [0.1, 0.15) is 125 Å². The number of guanidine groups is 1. The number of aliphatic carboxylic acids is 2. The zero-order valence-corrected chi connectivity index (χ0v) is 42.1. The lowest BCUT2D eigenvalue weighted by Gasteiger charge is -2.30. The summed E-state index contributed by atoms with van der Waals surface area (Å²) in [5, 5.41) is 37.3. The number of nitrogens with two attached hydrogens (primary N) is 5. The number of nitrogens with one attached hydrogen (secondary N) is 7. The van der Waals surface area contributed by atoms with Crippen LogP contribution in [0.5, 0.6) is 0 Å². The Morgan fingerprint density at radius 1 is 0.536 bits per heavy atom. The van der Waals surface area contributed by atoms with Crippen molar-refractivity contribution in [3.05, 3.63) is 0 Å². The molecule has 0 radical (unpaired) electrons. The van der Waals surface area contributed by atoms with Crippen LogP contribution < -0.4 is 65.9 Å². The molecule has 0 spiro atoms. The summed E-state index contributed by atoms with van der Waals surface area (Å²) in [7, 11) is 0. The smallest absolute Gasteiger partial charge is 0.326 e. The maximum atomic E-state index is 14.2. The van der Waals surface area contributed by atoms with Gasteiger partial charge in [0, 0.05) is 18.7 Å². The molecule has 69 heavy (non-hydrogen) atoms. The van der Waals surface area contributed by atoms with Crippen molar-refractivity contribution in [3.63, 3.8) is 0 Å². The van der Waals surface area contributed by atoms with Crippen LogP contribution in [0.15, 0.2) is 4.99 Å². The molecule has 0 aliphatic rings. The Balaban J connectivity index is 6.69. The molecule has 25 heteroatoms. The van der Waals surface area contributed by atoms with E-state index in [-0.39, 0.29) is 75.2 Å². The number of carboxylic acid groups (broad SMARTS) is 2. The average molecular weight is 1000 g/mol. The summed E-state index contributed by atoms with van der Waals surface area (Å²) in [6.45, 7) is 11.4. The van der Waals surface area contributed by atoms with Crippen molar-refractivity contribution in [2.75, 3.05) is 25.4 Å². The van der Waals surface area contributed by atoms with Crippen molar-refractivity contribution < 1.29 is 53.4 Å². The molecule has 0 saturated carbocycles. The van der Waals surface area contributed by atoms with E-state index < -0.39 is 114 Å². The lowest BCUT2D eigenvalue weighted by Crippen LogP contribution is -2.61. The van der Waals surface area contributed by atoms with Gasteiger partial charge in [0.2, 0.25) is 41.4 Å². The van der Waals surface area contributed by atoms with E-state index in [0.29, 0.717) is 45.1 Å². The summed E-state index contributed by atoms with van der Waals surface area (Å²) in [6, 6.07) is -10.1. The molecule has 0 aromatic heterocycles. The van der Waals surface area contributed by atoms with Gasteiger partial charge in [-0.05, 0) is 95.1 Å². The van der Waals surface area contributed by atoms with Crippen molar-refractivity contribution in [3.8, 4) is 0 Å². The molecule has 7 amide bonds. The molecule has 9 atom stereocenters. The molecular formula is C44H83N13O11S. The molecule has 0 aliphatic heterocycles. The van der Waals surface area contributed by atoms with Crippen LogP contribution >= 0.6 is 12.6 Å². The Hall–Kier alpha value is -5.27. The van der Waals surface area contributed by atoms with Gasteiger partial charge in [0.15, 0.2) is 5.96 Å². The van der Waals surface area contributed by atoms with Gasteiger partial charge < -0.3 is 76.1 Å². The van der Waals surface area contributed by atoms with Crippen LogP contribution in [0, 0.1) is 17.8 Å².